The molecular formula is C27H22N2O3. The Balaban J connectivity index is 1.56. The van der Waals surface area contributed by atoms with Crippen LogP contribution in [0.5, 0.6) is 5.75 Å². The number of carbonyl (C=O) groups is 1. The van der Waals surface area contributed by atoms with Gasteiger partial charge in [-0.05, 0) is 36.3 Å². The first-order valence-corrected chi connectivity index (χ1v) is 10.7. The van der Waals surface area contributed by atoms with Gasteiger partial charge in [0.15, 0.2) is 5.78 Å². The number of aliphatic hydroxyl groups excluding tert-OH is 1. The number of azo groups is 1. The molecule has 5 rings (SSSR count). The number of nitrogens with zero attached hydrogens (tertiary/aromatic N) is 2. The molecule has 5 nitrogen and oxygen atoms in total. The number of carbonyl (C=O) groups excluding carboxylic acids is 1. The van der Waals surface area contributed by atoms with Crippen LogP contribution in [-0.2, 0) is 0 Å². The fourth-order valence-corrected chi connectivity index (χ4v) is 4.28. The van der Waals surface area contributed by atoms with Gasteiger partial charge in [0.05, 0.1) is 17.9 Å². The van der Waals surface area contributed by atoms with Gasteiger partial charge < -0.3 is 9.84 Å². The normalized spacial score (nSPS) is 19.7. The second-order valence-electron chi connectivity index (χ2n) is 7.75. The fraction of sp³-hybridized carbons (Fsp3) is 0.148. The van der Waals surface area contributed by atoms with Crippen molar-refractivity contribution in [2.24, 2.45) is 10.2 Å². The van der Waals surface area contributed by atoms with Gasteiger partial charge in [-0.25, -0.2) is 0 Å². The molecule has 0 spiro atoms. The van der Waals surface area contributed by atoms with E-state index >= 15 is 0 Å². The van der Waals surface area contributed by atoms with Crippen molar-refractivity contribution in [1.29, 1.82) is 0 Å². The van der Waals surface area contributed by atoms with Crippen molar-refractivity contribution in [3.05, 3.63) is 118 Å². The third-order valence-corrected chi connectivity index (χ3v) is 5.83. The predicted molar refractivity (Wildman–Crippen MR) is 123 cm³/mol. The third kappa shape index (κ3) is 3.42. The summed E-state index contributed by atoms with van der Waals surface area (Å²) >= 11 is 0. The van der Waals surface area contributed by atoms with E-state index in [-0.39, 0.29) is 29.1 Å². The second kappa shape index (κ2) is 8.27. The third-order valence-electron chi connectivity index (χ3n) is 5.83. The highest BCUT2D eigenvalue weighted by Crippen LogP contribution is 2.44. The van der Waals surface area contributed by atoms with Crippen molar-refractivity contribution in [1.82, 2.24) is 0 Å². The van der Waals surface area contributed by atoms with Gasteiger partial charge in [-0.3, -0.25) is 4.79 Å². The topological polar surface area (TPSA) is 71.2 Å². The highest BCUT2D eigenvalue weighted by atomic mass is 16.5. The summed E-state index contributed by atoms with van der Waals surface area (Å²) in [5, 5.41) is 19.8. The monoisotopic (exact) mass is 422 g/mol. The molecule has 0 bridgehead atoms. The molecule has 5 heteroatoms. The van der Waals surface area contributed by atoms with Crippen LogP contribution >= 0.6 is 0 Å². The molecule has 0 radical (unpaired) electrons. The Morgan fingerprint density at radius 3 is 2.25 bits per heavy atom. The van der Waals surface area contributed by atoms with Gasteiger partial charge >= 0.3 is 0 Å². The number of aliphatic hydroxyl groups is 1. The maximum Gasteiger partial charge on any atom is 0.199 e. The lowest BCUT2D eigenvalue weighted by Crippen LogP contribution is -2.13. The molecule has 2 atom stereocenters. The van der Waals surface area contributed by atoms with Crippen LogP contribution in [0.4, 0.5) is 0 Å². The molecule has 1 N–H and O–H groups in total. The van der Waals surface area contributed by atoms with E-state index in [9.17, 15) is 9.90 Å². The minimum Gasteiger partial charge on any atom is -0.506 e. The zero-order valence-electron chi connectivity index (χ0n) is 17.6. The van der Waals surface area contributed by atoms with Crippen molar-refractivity contribution in [2.45, 2.75) is 18.9 Å². The summed E-state index contributed by atoms with van der Waals surface area (Å²) < 4.78 is 5.56. The van der Waals surface area contributed by atoms with Crippen LogP contribution in [0.25, 0.3) is 5.76 Å². The smallest absolute Gasteiger partial charge is 0.199 e. The molecular weight excluding hydrogens is 400 g/mol. The van der Waals surface area contributed by atoms with Gasteiger partial charge in [0.1, 0.15) is 17.6 Å². The van der Waals surface area contributed by atoms with Gasteiger partial charge in [-0.15, -0.1) is 0 Å². The quantitative estimate of drug-likeness (QED) is 0.515. The average molecular weight is 422 g/mol. The maximum absolute atomic E-state index is 13.0. The van der Waals surface area contributed by atoms with Crippen molar-refractivity contribution >= 4 is 11.5 Å². The number of hydrogen-bond acceptors (Lipinski definition) is 5. The standard InChI is InChI=1S/C27H22N2O3/c1-2-32-19-14-12-18(13-15-19)25-22(17-8-4-3-5-9-17)16-23(28-29-25)24-26(30)20-10-6-7-11-21(20)27(24)31/h3-16,22,25,30H,2H2,1H3. The van der Waals surface area contributed by atoms with Crippen LogP contribution in [0.2, 0.25) is 0 Å². The van der Waals surface area contributed by atoms with Gasteiger partial charge in [-0.2, -0.15) is 10.2 Å². The lowest BCUT2D eigenvalue weighted by atomic mass is 9.85. The van der Waals surface area contributed by atoms with Crippen LogP contribution in [0.1, 0.15) is 45.9 Å². The summed E-state index contributed by atoms with van der Waals surface area (Å²) in [7, 11) is 0. The molecule has 1 aliphatic carbocycles. The lowest BCUT2D eigenvalue weighted by Gasteiger charge is -2.25. The highest BCUT2D eigenvalue weighted by Gasteiger charge is 2.35. The van der Waals surface area contributed by atoms with Gasteiger partial charge in [0, 0.05) is 17.0 Å². The van der Waals surface area contributed by atoms with E-state index in [0.717, 1.165) is 16.9 Å². The Kier molecular flexibility index (Phi) is 5.15. The first-order chi connectivity index (χ1) is 15.7. The van der Waals surface area contributed by atoms with E-state index in [1.54, 1.807) is 24.3 Å². The summed E-state index contributed by atoms with van der Waals surface area (Å²) in [5.41, 5.74) is 3.70. The van der Waals surface area contributed by atoms with Crippen molar-refractivity contribution < 1.29 is 14.6 Å². The Labute approximate surface area is 186 Å². The number of allylic oxidation sites excluding steroid dienone is 1. The molecule has 0 aromatic heterocycles. The van der Waals surface area contributed by atoms with E-state index in [1.807, 2.05) is 67.6 Å². The molecule has 0 fully saturated rings. The van der Waals surface area contributed by atoms with Crippen molar-refractivity contribution in [2.75, 3.05) is 6.61 Å². The number of ether oxygens (including phenoxy) is 1. The van der Waals surface area contributed by atoms with Crippen LogP contribution < -0.4 is 4.74 Å². The number of benzene rings is 3. The molecule has 0 saturated carbocycles. The number of fused-ring (bicyclic) bond motifs is 1. The minimum atomic E-state index is -0.251. The van der Waals surface area contributed by atoms with E-state index in [2.05, 4.69) is 10.2 Å². The number of rotatable bonds is 5. The Morgan fingerprint density at radius 2 is 1.56 bits per heavy atom. The molecule has 0 amide bonds. The summed E-state index contributed by atoms with van der Waals surface area (Å²) in [6.07, 6.45) is 1.94. The molecule has 3 aromatic carbocycles. The molecule has 2 unspecified atom stereocenters. The maximum atomic E-state index is 13.0. The van der Waals surface area contributed by atoms with E-state index < -0.39 is 0 Å². The van der Waals surface area contributed by atoms with Crippen LogP contribution in [0.3, 0.4) is 0 Å². The van der Waals surface area contributed by atoms with E-state index in [0.29, 0.717) is 23.4 Å². The lowest BCUT2D eigenvalue weighted by molar-refractivity contribution is 0.103. The average Bonchev–Trinajstić information content (AvgIpc) is 3.10. The molecule has 0 saturated heterocycles. The largest absolute Gasteiger partial charge is 0.506 e. The van der Waals surface area contributed by atoms with Gasteiger partial charge in [0.2, 0.25) is 0 Å². The van der Waals surface area contributed by atoms with Crippen LogP contribution in [0, 0.1) is 0 Å². The number of hydrogen-bond donors (Lipinski definition) is 1. The molecule has 1 aliphatic heterocycles. The zero-order valence-corrected chi connectivity index (χ0v) is 17.6. The predicted octanol–water partition coefficient (Wildman–Crippen LogP) is 6.43. The summed E-state index contributed by atoms with van der Waals surface area (Å²) in [4.78, 5) is 13.0. The highest BCUT2D eigenvalue weighted by molar-refractivity contribution is 6.22. The SMILES string of the molecule is CCOc1ccc(C2N=NC(C3=C(O)c4ccccc4C3=O)=CC2c2ccccc2)cc1. The fourth-order valence-electron chi connectivity index (χ4n) is 4.28. The Morgan fingerprint density at radius 1 is 0.875 bits per heavy atom. The van der Waals surface area contributed by atoms with Crippen molar-refractivity contribution in [3.63, 3.8) is 0 Å². The van der Waals surface area contributed by atoms with Gasteiger partial charge in [0.25, 0.3) is 0 Å². The first-order valence-electron chi connectivity index (χ1n) is 10.7. The molecule has 32 heavy (non-hydrogen) atoms. The zero-order chi connectivity index (χ0) is 22.1. The van der Waals surface area contributed by atoms with Gasteiger partial charge in [-0.1, -0.05) is 66.7 Å². The number of Topliss-reactive ketones (excluding diaryl/α,β-unsaturated/α-hetero) is 1. The van der Waals surface area contributed by atoms with E-state index in [1.165, 1.54) is 0 Å². The van der Waals surface area contributed by atoms with Crippen LogP contribution in [0.15, 0.2) is 106 Å². The molecule has 2 aliphatic rings. The van der Waals surface area contributed by atoms with E-state index in [4.69, 9.17) is 4.74 Å². The summed E-state index contributed by atoms with van der Waals surface area (Å²) in [6, 6.07) is 24.7. The summed E-state index contributed by atoms with van der Waals surface area (Å²) in [5.74, 6) is 0.399. The minimum absolute atomic E-state index is 0.0397. The Hall–Kier alpha value is -3.99. The summed E-state index contributed by atoms with van der Waals surface area (Å²) in [6.45, 7) is 2.56. The second-order valence-corrected chi connectivity index (χ2v) is 7.75. The van der Waals surface area contributed by atoms with Crippen LogP contribution in [-0.4, -0.2) is 17.5 Å². The molecule has 158 valence electrons. The first kappa shape index (κ1) is 19.9. The molecule has 1 heterocycles. The van der Waals surface area contributed by atoms with Crippen molar-refractivity contribution in [3.8, 4) is 5.75 Å². The Bertz CT molecular complexity index is 1260. The molecule has 3 aromatic rings. The number of ketones is 1.